The summed E-state index contributed by atoms with van der Waals surface area (Å²) in [5, 5.41) is 0. The first kappa shape index (κ1) is 17.4. The maximum absolute atomic E-state index is 13.1. The van der Waals surface area contributed by atoms with Gasteiger partial charge in [-0.1, -0.05) is 6.42 Å². The fourth-order valence-electron chi connectivity index (χ4n) is 4.38. The predicted molar refractivity (Wildman–Crippen MR) is 92.2 cm³/mol. The summed E-state index contributed by atoms with van der Waals surface area (Å²) >= 11 is 0. The Morgan fingerprint density at radius 3 is 2.52 bits per heavy atom. The molecule has 4 rings (SSSR count). The zero-order valence-corrected chi connectivity index (χ0v) is 15.1. The van der Waals surface area contributed by atoms with E-state index in [0.29, 0.717) is 19.0 Å². The van der Waals surface area contributed by atoms with Gasteiger partial charge in [0.05, 0.1) is 17.6 Å². The van der Waals surface area contributed by atoms with E-state index in [2.05, 4.69) is 4.90 Å². The van der Waals surface area contributed by atoms with Crippen LogP contribution >= 0.6 is 0 Å². The number of sulfonamides is 1. The molecule has 0 aliphatic carbocycles. The Labute approximate surface area is 148 Å². The second kappa shape index (κ2) is 6.95. The second-order valence-electron chi connectivity index (χ2n) is 7.43. The van der Waals surface area contributed by atoms with E-state index in [-0.39, 0.29) is 16.9 Å². The molecule has 3 fully saturated rings. The second-order valence-corrected chi connectivity index (χ2v) is 9.37. The fourth-order valence-corrected chi connectivity index (χ4v) is 5.87. The van der Waals surface area contributed by atoms with Crippen molar-refractivity contribution in [3.05, 3.63) is 30.1 Å². The van der Waals surface area contributed by atoms with Crippen LogP contribution in [0.4, 0.5) is 4.39 Å². The van der Waals surface area contributed by atoms with E-state index in [0.717, 1.165) is 26.2 Å². The largest absolute Gasteiger partial charge is 0.376 e. The van der Waals surface area contributed by atoms with Gasteiger partial charge in [0.15, 0.2) is 0 Å². The molecule has 1 aromatic rings. The highest BCUT2D eigenvalue weighted by molar-refractivity contribution is 7.89. The molecule has 0 spiro atoms. The van der Waals surface area contributed by atoms with Crippen LogP contribution in [0.25, 0.3) is 0 Å². The lowest BCUT2D eigenvalue weighted by atomic mass is 9.92. The number of benzene rings is 1. The molecule has 3 saturated heterocycles. The molecule has 0 N–H and O–H groups in total. The van der Waals surface area contributed by atoms with Crippen molar-refractivity contribution < 1.29 is 17.5 Å². The van der Waals surface area contributed by atoms with Gasteiger partial charge in [-0.2, -0.15) is 4.31 Å². The Hall–Kier alpha value is -1.02. The van der Waals surface area contributed by atoms with Crippen molar-refractivity contribution in [2.75, 3.05) is 39.3 Å². The highest BCUT2D eigenvalue weighted by atomic mass is 32.2. The minimum Gasteiger partial charge on any atom is -0.376 e. The molecule has 138 valence electrons. The topological polar surface area (TPSA) is 49.9 Å². The summed E-state index contributed by atoms with van der Waals surface area (Å²) in [6, 6.07) is 5.06. The van der Waals surface area contributed by atoms with Crippen LogP contribution in [0.3, 0.4) is 0 Å². The van der Waals surface area contributed by atoms with Gasteiger partial charge in [0.1, 0.15) is 5.82 Å². The number of likely N-dealkylation sites (tertiary alicyclic amines) is 1. The molecule has 3 heterocycles. The zero-order chi connectivity index (χ0) is 17.4. The van der Waals surface area contributed by atoms with Crippen molar-refractivity contribution in [2.24, 2.45) is 11.8 Å². The number of halogens is 1. The Morgan fingerprint density at radius 2 is 1.80 bits per heavy atom. The molecule has 0 saturated carbocycles. The van der Waals surface area contributed by atoms with Gasteiger partial charge in [-0.05, 0) is 50.2 Å². The molecule has 1 aromatic carbocycles. The van der Waals surface area contributed by atoms with Crippen LogP contribution in [0.2, 0.25) is 0 Å². The molecule has 25 heavy (non-hydrogen) atoms. The summed E-state index contributed by atoms with van der Waals surface area (Å²) in [6.45, 7) is 4.93. The van der Waals surface area contributed by atoms with E-state index >= 15 is 0 Å². The molecule has 0 radical (unpaired) electrons. The molecular formula is C18H25FN2O3S. The van der Waals surface area contributed by atoms with Gasteiger partial charge in [0.25, 0.3) is 0 Å². The normalized spacial score (nSPS) is 31.3. The van der Waals surface area contributed by atoms with Gasteiger partial charge >= 0.3 is 0 Å². The number of piperidine rings is 1. The third-order valence-electron chi connectivity index (χ3n) is 5.80. The monoisotopic (exact) mass is 368 g/mol. The van der Waals surface area contributed by atoms with Crippen molar-refractivity contribution in [3.63, 3.8) is 0 Å². The molecule has 0 bridgehead atoms. The predicted octanol–water partition coefficient (Wildman–Crippen LogP) is 1.95. The van der Waals surface area contributed by atoms with Gasteiger partial charge in [0, 0.05) is 31.5 Å². The smallest absolute Gasteiger partial charge is 0.243 e. The SMILES string of the molecule is O=S(=O)(c1ccc(F)cc1)N1C[C@H]2[C@H](CN3CCCCC3)CO[C@H]2C1. The van der Waals surface area contributed by atoms with Gasteiger partial charge in [0.2, 0.25) is 10.0 Å². The first-order valence-electron chi connectivity index (χ1n) is 9.14. The summed E-state index contributed by atoms with van der Waals surface area (Å²) in [5.41, 5.74) is 0. The lowest BCUT2D eigenvalue weighted by Gasteiger charge is -2.30. The van der Waals surface area contributed by atoms with Crippen LogP contribution in [0, 0.1) is 17.7 Å². The Kier molecular flexibility index (Phi) is 4.83. The van der Waals surface area contributed by atoms with Crippen molar-refractivity contribution >= 4 is 10.0 Å². The first-order valence-corrected chi connectivity index (χ1v) is 10.6. The van der Waals surface area contributed by atoms with Crippen LogP contribution < -0.4 is 0 Å². The van der Waals surface area contributed by atoms with Crippen LogP contribution in [0.1, 0.15) is 19.3 Å². The molecule has 0 aromatic heterocycles. The van der Waals surface area contributed by atoms with Crippen LogP contribution in [0.15, 0.2) is 29.2 Å². The van der Waals surface area contributed by atoms with Crippen LogP contribution in [-0.2, 0) is 14.8 Å². The zero-order valence-electron chi connectivity index (χ0n) is 14.3. The Morgan fingerprint density at radius 1 is 1.08 bits per heavy atom. The van der Waals surface area contributed by atoms with Crippen molar-refractivity contribution in [3.8, 4) is 0 Å². The van der Waals surface area contributed by atoms with E-state index in [9.17, 15) is 12.8 Å². The molecule has 0 unspecified atom stereocenters. The number of ether oxygens (including phenoxy) is 1. The summed E-state index contributed by atoms with van der Waals surface area (Å²) in [7, 11) is -3.58. The van der Waals surface area contributed by atoms with Crippen molar-refractivity contribution in [1.82, 2.24) is 9.21 Å². The van der Waals surface area contributed by atoms with Crippen LogP contribution in [0.5, 0.6) is 0 Å². The molecule has 0 amide bonds. The molecule has 5 nitrogen and oxygen atoms in total. The maximum atomic E-state index is 13.1. The summed E-state index contributed by atoms with van der Waals surface area (Å²) < 4.78 is 46.1. The standard InChI is InChI=1S/C18H25FN2O3S/c19-15-4-6-16(7-5-15)25(22,23)21-11-17-14(13-24-18(17)12-21)10-20-8-2-1-3-9-20/h4-7,14,17-18H,1-3,8-13H2/t14-,17+,18+/m1/s1. The van der Waals surface area contributed by atoms with Gasteiger partial charge in [-0.25, -0.2) is 12.8 Å². The first-order chi connectivity index (χ1) is 12.0. The molecule has 7 heteroatoms. The molecule has 3 aliphatic rings. The van der Waals surface area contributed by atoms with Gasteiger partial charge in [-0.15, -0.1) is 0 Å². The summed E-state index contributed by atoms with van der Waals surface area (Å²) in [6.07, 6.45) is 3.82. The van der Waals surface area contributed by atoms with E-state index in [1.165, 1.54) is 47.8 Å². The number of hydrogen-bond donors (Lipinski definition) is 0. The van der Waals surface area contributed by atoms with Crippen LogP contribution in [-0.4, -0.2) is 63.1 Å². The Balaban J connectivity index is 1.44. The average molecular weight is 368 g/mol. The van der Waals surface area contributed by atoms with Crippen molar-refractivity contribution in [1.29, 1.82) is 0 Å². The van der Waals surface area contributed by atoms with Gasteiger partial charge < -0.3 is 9.64 Å². The van der Waals surface area contributed by atoms with E-state index < -0.39 is 15.8 Å². The van der Waals surface area contributed by atoms with Crippen molar-refractivity contribution in [2.45, 2.75) is 30.3 Å². The fraction of sp³-hybridized carbons (Fsp3) is 0.667. The average Bonchev–Trinajstić information content (AvgIpc) is 3.19. The minimum atomic E-state index is -3.58. The minimum absolute atomic E-state index is 0.00925. The number of fused-ring (bicyclic) bond motifs is 1. The maximum Gasteiger partial charge on any atom is 0.243 e. The third kappa shape index (κ3) is 3.47. The summed E-state index contributed by atoms with van der Waals surface area (Å²) in [5.74, 6) is 0.232. The van der Waals surface area contributed by atoms with E-state index in [1.54, 1.807) is 0 Å². The lowest BCUT2D eigenvalue weighted by molar-refractivity contribution is 0.0990. The number of nitrogens with zero attached hydrogens (tertiary/aromatic N) is 2. The molecular weight excluding hydrogens is 343 g/mol. The lowest BCUT2D eigenvalue weighted by Crippen LogP contribution is -2.38. The highest BCUT2D eigenvalue weighted by Crippen LogP contribution is 2.36. The highest BCUT2D eigenvalue weighted by Gasteiger charge is 2.47. The van der Waals surface area contributed by atoms with E-state index in [4.69, 9.17) is 4.74 Å². The molecule has 3 aliphatic heterocycles. The molecule has 3 atom stereocenters. The number of hydrogen-bond acceptors (Lipinski definition) is 4. The Bertz CT molecular complexity index is 704. The third-order valence-corrected chi connectivity index (χ3v) is 7.64. The summed E-state index contributed by atoms with van der Waals surface area (Å²) in [4.78, 5) is 2.65. The number of rotatable bonds is 4. The van der Waals surface area contributed by atoms with E-state index in [1.807, 2.05) is 0 Å². The van der Waals surface area contributed by atoms with Gasteiger partial charge in [-0.3, -0.25) is 0 Å². The quantitative estimate of drug-likeness (QED) is 0.815.